The Bertz CT molecular complexity index is 919. The number of halogens is 1. The van der Waals surface area contributed by atoms with Gasteiger partial charge >= 0.3 is 6.01 Å². The Morgan fingerprint density at radius 3 is 2.52 bits per heavy atom. The number of carbonyl (C=O) groups excluding carboxylic acids is 1. The second-order valence-electron chi connectivity index (χ2n) is 6.97. The van der Waals surface area contributed by atoms with Crippen LogP contribution in [-0.4, -0.2) is 16.1 Å². The summed E-state index contributed by atoms with van der Waals surface area (Å²) in [7, 11) is 0. The van der Waals surface area contributed by atoms with E-state index in [-0.39, 0.29) is 17.8 Å². The molecule has 3 rings (SSSR count). The van der Waals surface area contributed by atoms with Crippen LogP contribution in [0, 0.1) is 5.92 Å². The predicted octanol–water partition coefficient (Wildman–Crippen LogP) is 5.33. The zero-order valence-corrected chi connectivity index (χ0v) is 16.3. The normalized spacial score (nSPS) is 12.2. The van der Waals surface area contributed by atoms with Gasteiger partial charge in [-0.25, -0.2) is 0 Å². The van der Waals surface area contributed by atoms with Gasteiger partial charge in [0.2, 0.25) is 5.89 Å². The lowest BCUT2D eigenvalue weighted by atomic mass is 9.97. The molecule has 0 spiro atoms. The summed E-state index contributed by atoms with van der Waals surface area (Å²) >= 11 is 5.91. The smallest absolute Gasteiger partial charge is 0.322 e. The first-order chi connectivity index (χ1) is 12.9. The molecule has 5 nitrogen and oxygen atoms in total. The Balaban J connectivity index is 1.68. The number of hydrogen-bond acceptors (Lipinski definition) is 4. The average molecular weight is 384 g/mol. The topological polar surface area (TPSA) is 68.0 Å². The molecule has 1 unspecified atom stereocenters. The fraction of sp³-hybridized carbons (Fsp3) is 0.286. The highest BCUT2D eigenvalue weighted by Crippen LogP contribution is 2.25. The van der Waals surface area contributed by atoms with E-state index >= 15 is 0 Å². The molecule has 1 atom stereocenters. The molecule has 0 aliphatic rings. The van der Waals surface area contributed by atoms with Crippen molar-refractivity contribution in [1.82, 2.24) is 10.2 Å². The van der Waals surface area contributed by atoms with Crippen LogP contribution in [0.15, 0.2) is 52.9 Å². The maximum atomic E-state index is 12.2. The van der Waals surface area contributed by atoms with E-state index in [4.69, 9.17) is 16.0 Å². The Kier molecular flexibility index (Phi) is 5.91. The molecule has 140 valence electrons. The van der Waals surface area contributed by atoms with Crippen LogP contribution in [0.25, 0.3) is 0 Å². The first-order valence-corrected chi connectivity index (χ1v) is 9.29. The molecule has 0 aliphatic heterocycles. The molecule has 0 aliphatic carbocycles. The highest BCUT2D eigenvalue weighted by atomic mass is 35.5. The van der Waals surface area contributed by atoms with Crippen molar-refractivity contribution in [1.29, 1.82) is 0 Å². The maximum absolute atomic E-state index is 12.2. The Hall–Kier alpha value is -2.66. The van der Waals surface area contributed by atoms with Crippen molar-refractivity contribution >= 4 is 23.5 Å². The monoisotopic (exact) mass is 383 g/mol. The van der Waals surface area contributed by atoms with Gasteiger partial charge in [-0.15, -0.1) is 5.10 Å². The van der Waals surface area contributed by atoms with E-state index in [1.807, 2.05) is 6.92 Å². The van der Waals surface area contributed by atoms with Gasteiger partial charge in [-0.2, -0.15) is 0 Å². The van der Waals surface area contributed by atoms with E-state index in [1.54, 1.807) is 24.3 Å². The van der Waals surface area contributed by atoms with Crippen molar-refractivity contribution < 1.29 is 9.21 Å². The number of nitrogens with zero attached hydrogens (tertiary/aromatic N) is 2. The zero-order valence-electron chi connectivity index (χ0n) is 15.6. The zero-order chi connectivity index (χ0) is 19.4. The SMILES string of the molecule is CC(C)Cc1ccc(C(C)c2nnc(NC(=O)c3cccc(Cl)c3)o2)cc1. The third-order valence-electron chi connectivity index (χ3n) is 4.24. The molecule has 27 heavy (non-hydrogen) atoms. The van der Waals surface area contributed by atoms with E-state index < -0.39 is 0 Å². The van der Waals surface area contributed by atoms with Crippen LogP contribution in [0.1, 0.15) is 54.1 Å². The number of anilines is 1. The fourth-order valence-electron chi connectivity index (χ4n) is 2.82. The molecule has 1 N–H and O–H groups in total. The first-order valence-electron chi connectivity index (χ1n) is 8.91. The summed E-state index contributed by atoms with van der Waals surface area (Å²) in [6.45, 7) is 6.40. The number of nitrogens with one attached hydrogen (secondary N) is 1. The minimum absolute atomic E-state index is 0.0672. The predicted molar refractivity (Wildman–Crippen MR) is 106 cm³/mol. The standard InChI is InChI=1S/C21H22ClN3O2/c1-13(2)11-15-7-9-16(10-8-15)14(3)20-24-25-21(27-20)23-19(26)17-5-4-6-18(22)12-17/h4-10,12-14H,11H2,1-3H3,(H,23,25,26). The molecule has 1 aromatic heterocycles. The van der Waals surface area contributed by atoms with Gasteiger partial charge in [-0.1, -0.05) is 60.9 Å². The van der Waals surface area contributed by atoms with Crippen LogP contribution >= 0.6 is 11.6 Å². The number of benzene rings is 2. The van der Waals surface area contributed by atoms with Gasteiger partial charge in [0.05, 0.1) is 5.92 Å². The summed E-state index contributed by atoms with van der Waals surface area (Å²) in [4.78, 5) is 12.2. The van der Waals surface area contributed by atoms with Crippen molar-refractivity contribution in [3.63, 3.8) is 0 Å². The van der Waals surface area contributed by atoms with Crippen molar-refractivity contribution in [3.05, 3.63) is 76.1 Å². The Morgan fingerprint density at radius 1 is 1.11 bits per heavy atom. The highest BCUT2D eigenvalue weighted by Gasteiger charge is 2.18. The van der Waals surface area contributed by atoms with E-state index in [9.17, 15) is 4.79 Å². The lowest BCUT2D eigenvalue weighted by molar-refractivity contribution is 0.102. The number of hydrogen-bond donors (Lipinski definition) is 1. The third kappa shape index (κ3) is 4.95. The number of carbonyl (C=O) groups is 1. The summed E-state index contributed by atoms with van der Waals surface area (Å²) in [6.07, 6.45) is 1.05. The van der Waals surface area contributed by atoms with Crippen molar-refractivity contribution in [3.8, 4) is 0 Å². The number of aromatic nitrogens is 2. The van der Waals surface area contributed by atoms with Crippen LogP contribution in [0.4, 0.5) is 6.01 Å². The Labute approximate surface area is 163 Å². The van der Waals surface area contributed by atoms with E-state index in [0.717, 1.165) is 12.0 Å². The van der Waals surface area contributed by atoms with Gasteiger partial charge in [0.1, 0.15) is 0 Å². The molecule has 0 bridgehead atoms. The maximum Gasteiger partial charge on any atom is 0.322 e. The highest BCUT2D eigenvalue weighted by molar-refractivity contribution is 6.31. The van der Waals surface area contributed by atoms with Crippen LogP contribution < -0.4 is 5.32 Å². The molecule has 1 amide bonds. The van der Waals surface area contributed by atoms with Gasteiger partial charge in [-0.3, -0.25) is 10.1 Å². The molecular formula is C21H22ClN3O2. The van der Waals surface area contributed by atoms with Gasteiger partial charge in [0, 0.05) is 10.6 Å². The van der Waals surface area contributed by atoms with Crippen LogP contribution in [0.5, 0.6) is 0 Å². The second-order valence-corrected chi connectivity index (χ2v) is 7.41. The molecule has 2 aromatic carbocycles. The van der Waals surface area contributed by atoms with Gasteiger partial charge < -0.3 is 4.42 Å². The van der Waals surface area contributed by atoms with Gasteiger partial charge in [0.15, 0.2) is 0 Å². The van der Waals surface area contributed by atoms with Crippen molar-refractivity contribution in [2.24, 2.45) is 5.92 Å². The molecule has 0 radical (unpaired) electrons. The van der Waals surface area contributed by atoms with Gasteiger partial charge in [0.25, 0.3) is 5.91 Å². The molecule has 0 saturated heterocycles. The fourth-order valence-corrected chi connectivity index (χ4v) is 3.01. The van der Waals surface area contributed by atoms with Gasteiger partial charge in [-0.05, 0) is 48.6 Å². The lowest BCUT2D eigenvalue weighted by Crippen LogP contribution is -2.11. The molecule has 6 heteroatoms. The average Bonchev–Trinajstić information content (AvgIpc) is 3.09. The molecule has 3 aromatic rings. The second kappa shape index (κ2) is 8.35. The first kappa shape index (κ1) is 19.1. The van der Waals surface area contributed by atoms with E-state index in [0.29, 0.717) is 22.4 Å². The summed E-state index contributed by atoms with van der Waals surface area (Å²) < 4.78 is 5.63. The summed E-state index contributed by atoms with van der Waals surface area (Å²) in [5.74, 6) is 0.656. The molecule has 1 heterocycles. The molecule has 0 saturated carbocycles. The third-order valence-corrected chi connectivity index (χ3v) is 4.48. The van der Waals surface area contributed by atoms with Crippen molar-refractivity contribution in [2.75, 3.05) is 5.32 Å². The summed E-state index contributed by atoms with van der Waals surface area (Å²) in [5, 5.41) is 11.1. The minimum atomic E-state index is -0.349. The van der Waals surface area contributed by atoms with Crippen LogP contribution in [-0.2, 0) is 6.42 Å². The Morgan fingerprint density at radius 2 is 1.85 bits per heavy atom. The summed E-state index contributed by atoms with van der Waals surface area (Å²) in [6, 6.07) is 15.1. The molecule has 0 fully saturated rings. The largest absolute Gasteiger partial charge is 0.407 e. The van der Waals surface area contributed by atoms with Crippen molar-refractivity contribution in [2.45, 2.75) is 33.1 Å². The summed E-state index contributed by atoms with van der Waals surface area (Å²) in [5.41, 5.74) is 2.82. The number of amides is 1. The molecular weight excluding hydrogens is 362 g/mol. The van der Waals surface area contributed by atoms with Crippen LogP contribution in [0.2, 0.25) is 5.02 Å². The minimum Gasteiger partial charge on any atom is -0.407 e. The lowest BCUT2D eigenvalue weighted by Gasteiger charge is -2.09. The van der Waals surface area contributed by atoms with Crippen LogP contribution in [0.3, 0.4) is 0 Å². The van der Waals surface area contributed by atoms with E-state index in [2.05, 4.69) is 53.6 Å². The number of rotatable bonds is 6. The van der Waals surface area contributed by atoms with E-state index in [1.165, 1.54) is 5.56 Å². The quantitative estimate of drug-likeness (QED) is 0.625.